The highest BCUT2D eigenvalue weighted by atomic mass is 19.4. The first kappa shape index (κ1) is 62.9. The molecular weight excluding hydrogens is 886 g/mol. The average Bonchev–Trinajstić information content (AvgIpc) is 3.30. The molecule has 0 aromatic heterocycles. The third kappa shape index (κ3) is 26.3. The van der Waals surface area contributed by atoms with Gasteiger partial charge in [0.25, 0.3) is 0 Å². The van der Waals surface area contributed by atoms with Crippen molar-refractivity contribution >= 4 is 11.9 Å². The van der Waals surface area contributed by atoms with Gasteiger partial charge in [-0.2, -0.15) is 13.2 Å². The Morgan fingerprint density at radius 2 is 1.16 bits per heavy atom. The van der Waals surface area contributed by atoms with Gasteiger partial charge in [-0.3, -0.25) is 0 Å². The zero-order chi connectivity index (χ0) is 52.4. The van der Waals surface area contributed by atoms with E-state index in [0.29, 0.717) is 32.2 Å². The van der Waals surface area contributed by atoms with Gasteiger partial charge in [-0.1, -0.05) is 107 Å². The monoisotopic (exact) mass is 967 g/mol. The molecule has 4 rings (SSSR count). The van der Waals surface area contributed by atoms with Gasteiger partial charge in [0.2, 0.25) is 0 Å². The zero-order valence-electron chi connectivity index (χ0n) is 44.4. The van der Waals surface area contributed by atoms with Crippen molar-refractivity contribution in [3.63, 3.8) is 0 Å². The number of rotatable bonds is 20. The van der Waals surface area contributed by atoms with E-state index in [-0.39, 0.29) is 17.1 Å². The SMILES string of the molecule is C/C=C/COc1cc(C)c(OC)c(C)c1.C/C=C/COc1cc(C)c(OCCCC(C)Oc2cccc(/C=N\OC)c2)c(C)c1.CC.CC.CO/N=C(\c1cccc(OCC(C)(C)C)c1)C(F)(F)F. The van der Waals surface area contributed by atoms with Gasteiger partial charge in [-0.15, -0.1) is 0 Å². The number of allylic oxidation sites excluding steroid dienone is 2. The molecule has 4 aromatic carbocycles. The van der Waals surface area contributed by atoms with Gasteiger partial charge in [0, 0.05) is 5.56 Å². The molecule has 0 N–H and O–H groups in total. The molecule has 0 radical (unpaired) electrons. The fourth-order valence-corrected chi connectivity index (χ4v) is 6.03. The van der Waals surface area contributed by atoms with Crippen LogP contribution in [0.3, 0.4) is 0 Å². The number of alkyl halides is 3. The lowest BCUT2D eigenvalue weighted by atomic mass is 9.99. The van der Waals surface area contributed by atoms with Crippen LogP contribution in [0.4, 0.5) is 13.2 Å². The maximum absolute atomic E-state index is 12.8. The largest absolute Gasteiger partial charge is 0.496 e. The minimum absolute atomic E-state index is 0.0799. The van der Waals surface area contributed by atoms with Crippen LogP contribution in [-0.2, 0) is 9.68 Å². The van der Waals surface area contributed by atoms with Crippen molar-refractivity contribution in [3.05, 3.63) is 130 Å². The highest BCUT2D eigenvalue weighted by Crippen LogP contribution is 2.30. The second kappa shape index (κ2) is 35.1. The van der Waals surface area contributed by atoms with E-state index in [1.807, 2.05) is 149 Å². The van der Waals surface area contributed by atoms with E-state index in [9.17, 15) is 13.2 Å². The number of halogens is 3. The highest BCUT2D eigenvalue weighted by molar-refractivity contribution is 6.04. The van der Waals surface area contributed by atoms with Gasteiger partial charge in [-0.25, -0.2) is 0 Å². The summed E-state index contributed by atoms with van der Waals surface area (Å²) in [5.41, 5.74) is 4.07. The summed E-state index contributed by atoms with van der Waals surface area (Å²) in [5, 5.41) is 6.83. The Bertz CT molecular complexity index is 2100. The van der Waals surface area contributed by atoms with E-state index in [1.165, 1.54) is 25.3 Å². The Kier molecular flexibility index (Phi) is 32.0. The Balaban J connectivity index is 0.00000103. The molecule has 0 saturated carbocycles. The maximum Gasteiger partial charge on any atom is 0.437 e. The van der Waals surface area contributed by atoms with E-state index < -0.39 is 11.9 Å². The van der Waals surface area contributed by atoms with Crippen LogP contribution >= 0.6 is 0 Å². The van der Waals surface area contributed by atoms with Crippen molar-refractivity contribution in [2.45, 2.75) is 122 Å². The molecule has 1 unspecified atom stereocenters. The second-order valence-corrected chi connectivity index (χ2v) is 16.1. The smallest absolute Gasteiger partial charge is 0.437 e. The van der Waals surface area contributed by atoms with Gasteiger partial charge < -0.3 is 38.1 Å². The molecule has 0 spiro atoms. The molecule has 0 amide bonds. The first-order valence-corrected chi connectivity index (χ1v) is 23.5. The Morgan fingerprint density at radius 1 is 0.638 bits per heavy atom. The number of hydrogen-bond acceptors (Lipinski definition) is 10. The van der Waals surface area contributed by atoms with Gasteiger partial charge in [-0.05, 0) is 143 Å². The molecule has 0 aliphatic carbocycles. The van der Waals surface area contributed by atoms with Crippen LogP contribution in [0.15, 0.2) is 107 Å². The lowest BCUT2D eigenvalue weighted by molar-refractivity contribution is -0.0608. The summed E-state index contributed by atoms with van der Waals surface area (Å²) < 4.78 is 72.7. The fraction of sp³-hybridized carbons (Fsp3) is 0.464. The third-order valence-corrected chi connectivity index (χ3v) is 8.97. The number of oxime groups is 2. The summed E-state index contributed by atoms with van der Waals surface area (Å²) >= 11 is 0. The zero-order valence-corrected chi connectivity index (χ0v) is 44.4. The average molecular weight is 967 g/mol. The summed E-state index contributed by atoms with van der Waals surface area (Å²) in [6.07, 6.45) is 6.90. The van der Waals surface area contributed by atoms with E-state index in [2.05, 4.69) is 35.9 Å². The van der Waals surface area contributed by atoms with Crippen molar-refractivity contribution in [1.82, 2.24) is 0 Å². The van der Waals surface area contributed by atoms with E-state index in [1.54, 1.807) is 19.4 Å². The summed E-state index contributed by atoms with van der Waals surface area (Å²) in [4.78, 5) is 8.99. The van der Waals surface area contributed by atoms with Crippen LogP contribution in [0.5, 0.6) is 34.5 Å². The molecule has 1 atom stereocenters. The number of methoxy groups -OCH3 is 1. The fourth-order valence-electron chi connectivity index (χ4n) is 6.03. The van der Waals surface area contributed by atoms with Gasteiger partial charge in [0.05, 0.1) is 32.6 Å². The van der Waals surface area contributed by atoms with Crippen LogP contribution in [0.1, 0.15) is 115 Å². The molecule has 0 fully saturated rings. The highest BCUT2D eigenvalue weighted by Gasteiger charge is 2.38. The molecule has 384 valence electrons. The van der Waals surface area contributed by atoms with E-state index in [0.717, 1.165) is 76.5 Å². The number of benzene rings is 4. The predicted octanol–water partition coefficient (Wildman–Crippen LogP) is 15.2. The molecule has 0 aliphatic heterocycles. The van der Waals surface area contributed by atoms with E-state index in [4.69, 9.17) is 33.3 Å². The minimum Gasteiger partial charge on any atom is -0.496 e. The normalized spacial score (nSPS) is 11.7. The number of hydrogen-bond donors (Lipinski definition) is 0. The van der Waals surface area contributed by atoms with Crippen molar-refractivity contribution < 1.29 is 51.3 Å². The molecule has 13 heteroatoms. The summed E-state index contributed by atoms with van der Waals surface area (Å²) in [7, 11) is 4.29. The molecule has 0 heterocycles. The topological polar surface area (TPSA) is 98.6 Å². The van der Waals surface area contributed by atoms with Crippen LogP contribution in [0.2, 0.25) is 0 Å². The molecular formula is C56H81F3N2O8. The number of nitrogens with zero attached hydrogens (tertiary/aromatic N) is 2. The summed E-state index contributed by atoms with van der Waals surface area (Å²) in [5.74, 6) is 4.83. The van der Waals surface area contributed by atoms with Crippen LogP contribution in [0.25, 0.3) is 0 Å². The van der Waals surface area contributed by atoms with Gasteiger partial charge >= 0.3 is 6.18 Å². The first-order chi connectivity index (χ1) is 32.8. The van der Waals surface area contributed by atoms with E-state index >= 15 is 0 Å². The minimum atomic E-state index is -4.58. The Morgan fingerprint density at radius 3 is 1.64 bits per heavy atom. The van der Waals surface area contributed by atoms with Gasteiger partial charge in [0.15, 0.2) is 5.71 Å². The predicted molar refractivity (Wildman–Crippen MR) is 279 cm³/mol. The summed E-state index contributed by atoms with van der Waals surface area (Å²) in [6, 6.07) is 21.5. The maximum atomic E-state index is 12.8. The van der Waals surface area contributed by atoms with Crippen molar-refractivity contribution in [3.8, 4) is 34.5 Å². The molecule has 0 bridgehead atoms. The van der Waals surface area contributed by atoms with Crippen molar-refractivity contribution in [1.29, 1.82) is 0 Å². The standard InChI is InChI=1S/C25H33NO4.C14H18F3NO2.C13H18O2.2C2H6/c1-6-7-13-28-24-15-19(2)25(20(3)16-24)29-14-9-10-21(4)30-23-12-8-11-22(17-23)18-26-27-5;1-13(2,3)9-20-11-7-5-6-10(8-11)12(18-19-4)14(15,16)17;1-5-6-7-15-12-8-10(2)13(14-4)11(3)9-12;2*1-2/h6-8,11-12,15-18,21H,9-10,13-14H2,1-5H3;5-8H,9H2,1-4H3;5-6,8-9H,7H2,1-4H3;2*1-2H3/b7-6+,26-18-;18-12+;6-5+;;. The Hall–Kier alpha value is -6.11. The lowest BCUT2D eigenvalue weighted by Gasteiger charge is -2.19. The third-order valence-electron chi connectivity index (χ3n) is 8.97. The number of ether oxygens (including phenoxy) is 6. The quantitative estimate of drug-likeness (QED) is 0.0374. The van der Waals surface area contributed by atoms with Gasteiger partial charge in [0.1, 0.15) is 61.9 Å². The molecule has 0 saturated heterocycles. The molecule has 4 aromatic rings. The van der Waals surface area contributed by atoms with Crippen LogP contribution < -0.4 is 28.4 Å². The van der Waals surface area contributed by atoms with Crippen LogP contribution in [-0.4, -0.2) is 72.0 Å². The first-order valence-electron chi connectivity index (χ1n) is 23.5. The molecule has 10 nitrogen and oxygen atoms in total. The van der Waals surface area contributed by atoms with Crippen molar-refractivity contribution in [2.75, 3.05) is 47.8 Å². The number of aryl methyl sites for hydroxylation is 4. The Labute approximate surface area is 412 Å². The second-order valence-electron chi connectivity index (χ2n) is 16.1. The molecule has 69 heavy (non-hydrogen) atoms. The summed E-state index contributed by atoms with van der Waals surface area (Å²) in [6.45, 7) is 30.4. The lowest BCUT2D eigenvalue weighted by Crippen LogP contribution is -2.24. The molecule has 0 aliphatic rings. The van der Waals surface area contributed by atoms with Crippen molar-refractivity contribution in [2.24, 2.45) is 15.7 Å². The van der Waals surface area contributed by atoms with Crippen LogP contribution in [0, 0.1) is 33.1 Å².